The van der Waals surface area contributed by atoms with Crippen molar-refractivity contribution in [2.24, 2.45) is 0 Å². The molecule has 4 aromatic rings. The summed E-state index contributed by atoms with van der Waals surface area (Å²) in [7, 11) is 0. The number of amides is 1. The molecule has 0 aliphatic carbocycles. The summed E-state index contributed by atoms with van der Waals surface area (Å²) in [6.45, 7) is 8.14. The molecule has 0 spiro atoms. The van der Waals surface area contributed by atoms with E-state index in [0.29, 0.717) is 11.5 Å². The van der Waals surface area contributed by atoms with Crippen LogP contribution in [-0.2, 0) is 4.79 Å². The molecule has 38 heavy (non-hydrogen) atoms. The number of carbonyl (C=O) groups is 1. The van der Waals surface area contributed by atoms with Gasteiger partial charge in [0.15, 0.2) is 5.11 Å². The topological polar surface area (TPSA) is 62.2 Å². The lowest BCUT2D eigenvalue weighted by Crippen LogP contribution is -2.29. The smallest absolute Gasteiger partial charge is 0.224 e. The summed E-state index contributed by atoms with van der Waals surface area (Å²) in [6.07, 6.45) is 2.25. The molecule has 2 aromatic heterocycles. The summed E-state index contributed by atoms with van der Waals surface area (Å²) < 4.78 is 3.31. The zero-order chi connectivity index (χ0) is 27.0. The summed E-state index contributed by atoms with van der Waals surface area (Å²) in [6, 6.07) is 22.3. The predicted octanol–water partition coefficient (Wildman–Crippen LogP) is 7.09. The Bertz CT molecular complexity index is 1520. The summed E-state index contributed by atoms with van der Waals surface area (Å²) >= 11 is 9.67. The van der Waals surface area contributed by atoms with Gasteiger partial charge in [0.05, 0.1) is 23.5 Å². The lowest BCUT2D eigenvalue weighted by atomic mass is 9.96. The number of para-hydroxylation sites is 1. The van der Waals surface area contributed by atoms with Crippen LogP contribution in [0.4, 0.5) is 11.4 Å². The molecule has 1 saturated heterocycles. The number of pyridine rings is 1. The SMILES string of the molecule is CCC(=O)Nc1ccc(N2C(=S)N[C@@H](c3ccccn3)[C@@H]2c2cc(C)n(-c3ccccc3Br)c2C)cc1C. The first-order valence-electron chi connectivity index (χ1n) is 12.6. The predicted molar refractivity (Wildman–Crippen MR) is 161 cm³/mol. The number of halogens is 1. The van der Waals surface area contributed by atoms with Crippen molar-refractivity contribution in [1.82, 2.24) is 14.9 Å². The molecule has 2 atom stereocenters. The van der Waals surface area contributed by atoms with Crippen LogP contribution in [-0.4, -0.2) is 20.6 Å². The molecule has 2 aromatic carbocycles. The highest BCUT2D eigenvalue weighted by Gasteiger charge is 2.42. The van der Waals surface area contributed by atoms with Crippen LogP contribution in [0.2, 0.25) is 0 Å². The Morgan fingerprint density at radius 3 is 2.53 bits per heavy atom. The van der Waals surface area contributed by atoms with E-state index in [4.69, 9.17) is 17.2 Å². The number of hydrogen-bond acceptors (Lipinski definition) is 3. The van der Waals surface area contributed by atoms with Gasteiger partial charge in [0.1, 0.15) is 0 Å². The lowest BCUT2D eigenvalue weighted by molar-refractivity contribution is -0.115. The molecule has 0 unspecified atom stereocenters. The van der Waals surface area contributed by atoms with E-state index in [0.717, 1.165) is 44.2 Å². The highest BCUT2D eigenvalue weighted by Crippen LogP contribution is 2.44. The molecular formula is C30H30BrN5OS. The minimum absolute atomic E-state index is 0.00758. The molecule has 0 radical (unpaired) electrons. The second-order valence-electron chi connectivity index (χ2n) is 9.51. The number of benzene rings is 2. The Hall–Kier alpha value is -3.49. The van der Waals surface area contributed by atoms with E-state index in [2.05, 4.69) is 80.2 Å². The van der Waals surface area contributed by atoms with Crippen LogP contribution < -0.4 is 15.5 Å². The number of nitrogens with one attached hydrogen (secondary N) is 2. The summed E-state index contributed by atoms with van der Waals surface area (Å²) in [5, 5.41) is 7.18. The molecule has 0 saturated carbocycles. The Morgan fingerprint density at radius 1 is 1.08 bits per heavy atom. The van der Waals surface area contributed by atoms with Crippen LogP contribution in [0.1, 0.15) is 53.6 Å². The molecule has 6 nitrogen and oxygen atoms in total. The summed E-state index contributed by atoms with van der Waals surface area (Å²) in [5.74, 6) is -0.00758. The van der Waals surface area contributed by atoms with Crippen LogP contribution in [0.5, 0.6) is 0 Å². The molecule has 8 heteroatoms. The third-order valence-electron chi connectivity index (χ3n) is 7.06. The van der Waals surface area contributed by atoms with Crippen molar-refractivity contribution in [2.45, 2.75) is 46.2 Å². The largest absolute Gasteiger partial charge is 0.351 e. The van der Waals surface area contributed by atoms with E-state index in [1.807, 2.05) is 56.4 Å². The average molecular weight is 589 g/mol. The van der Waals surface area contributed by atoms with E-state index >= 15 is 0 Å². The van der Waals surface area contributed by atoms with E-state index in [1.54, 1.807) is 0 Å². The van der Waals surface area contributed by atoms with Crippen LogP contribution in [0, 0.1) is 20.8 Å². The number of carbonyl (C=O) groups excluding carboxylic acids is 1. The van der Waals surface area contributed by atoms with Crippen LogP contribution in [0.25, 0.3) is 5.69 Å². The van der Waals surface area contributed by atoms with Crippen molar-refractivity contribution < 1.29 is 4.79 Å². The summed E-state index contributed by atoms with van der Waals surface area (Å²) in [5.41, 5.74) is 8.21. The van der Waals surface area contributed by atoms with Gasteiger partial charge in [0.2, 0.25) is 5.91 Å². The number of hydrogen-bond donors (Lipinski definition) is 2. The maximum Gasteiger partial charge on any atom is 0.224 e. The van der Waals surface area contributed by atoms with Gasteiger partial charge in [-0.05, 0) is 109 Å². The van der Waals surface area contributed by atoms with Crippen molar-refractivity contribution in [3.63, 3.8) is 0 Å². The standard InChI is InChI=1S/C30H30BrN5OS/c1-5-27(37)33-24-14-13-21(16-18(24)2)36-29(28(34-30(36)38)25-11-8-9-15-32-25)22-17-19(3)35(20(22)4)26-12-7-6-10-23(26)31/h6-17,28-29H,5H2,1-4H3,(H,33,37)(H,34,38)/t28-,29-/m0/s1. The fraction of sp³-hybridized carbons (Fsp3) is 0.233. The van der Waals surface area contributed by atoms with Gasteiger partial charge in [-0.1, -0.05) is 25.1 Å². The van der Waals surface area contributed by atoms with Crippen molar-refractivity contribution in [3.8, 4) is 5.69 Å². The maximum absolute atomic E-state index is 12.0. The molecular weight excluding hydrogens is 558 g/mol. The summed E-state index contributed by atoms with van der Waals surface area (Å²) in [4.78, 5) is 18.9. The van der Waals surface area contributed by atoms with Crippen molar-refractivity contribution in [2.75, 3.05) is 10.2 Å². The van der Waals surface area contributed by atoms with E-state index < -0.39 is 0 Å². The third kappa shape index (κ3) is 4.74. The Morgan fingerprint density at radius 2 is 1.84 bits per heavy atom. The highest BCUT2D eigenvalue weighted by molar-refractivity contribution is 9.10. The van der Waals surface area contributed by atoms with Gasteiger partial charge in [-0.3, -0.25) is 9.78 Å². The number of aryl methyl sites for hydroxylation is 2. The molecule has 1 aliphatic rings. The molecule has 194 valence electrons. The number of aromatic nitrogens is 2. The second-order valence-corrected chi connectivity index (χ2v) is 10.8. The lowest BCUT2D eigenvalue weighted by Gasteiger charge is -2.29. The van der Waals surface area contributed by atoms with Crippen molar-refractivity contribution in [3.05, 3.63) is 106 Å². The molecule has 1 amide bonds. The van der Waals surface area contributed by atoms with Gasteiger partial charge in [0.25, 0.3) is 0 Å². The van der Waals surface area contributed by atoms with Gasteiger partial charge in [-0.2, -0.15) is 0 Å². The van der Waals surface area contributed by atoms with Gasteiger partial charge in [-0.15, -0.1) is 0 Å². The molecule has 2 N–H and O–H groups in total. The van der Waals surface area contributed by atoms with E-state index in [-0.39, 0.29) is 18.0 Å². The van der Waals surface area contributed by atoms with Crippen molar-refractivity contribution in [1.29, 1.82) is 0 Å². The first-order chi connectivity index (χ1) is 18.3. The fourth-order valence-electron chi connectivity index (χ4n) is 5.22. The molecule has 0 bridgehead atoms. The zero-order valence-electron chi connectivity index (χ0n) is 21.8. The number of anilines is 2. The molecule has 5 rings (SSSR count). The van der Waals surface area contributed by atoms with E-state index in [1.165, 1.54) is 5.56 Å². The van der Waals surface area contributed by atoms with Gasteiger partial charge >= 0.3 is 0 Å². The molecule has 3 heterocycles. The minimum atomic E-state index is -0.142. The van der Waals surface area contributed by atoms with Gasteiger partial charge in [0, 0.05) is 39.9 Å². The Kier molecular flexibility index (Phi) is 7.36. The maximum atomic E-state index is 12.0. The fourth-order valence-corrected chi connectivity index (χ4v) is 6.02. The Balaban J connectivity index is 1.64. The monoisotopic (exact) mass is 587 g/mol. The minimum Gasteiger partial charge on any atom is -0.351 e. The Labute approximate surface area is 237 Å². The average Bonchev–Trinajstić information content (AvgIpc) is 3.41. The molecule has 1 fully saturated rings. The van der Waals surface area contributed by atoms with Gasteiger partial charge in [-0.25, -0.2) is 0 Å². The van der Waals surface area contributed by atoms with Crippen LogP contribution >= 0.6 is 28.1 Å². The normalized spacial score (nSPS) is 17.0. The van der Waals surface area contributed by atoms with E-state index in [9.17, 15) is 4.79 Å². The second kappa shape index (κ2) is 10.7. The van der Waals surface area contributed by atoms with Crippen LogP contribution in [0.15, 0.2) is 77.4 Å². The van der Waals surface area contributed by atoms with Crippen LogP contribution in [0.3, 0.4) is 0 Å². The highest BCUT2D eigenvalue weighted by atomic mass is 79.9. The quantitative estimate of drug-likeness (QED) is 0.236. The number of nitrogens with zero attached hydrogens (tertiary/aromatic N) is 3. The van der Waals surface area contributed by atoms with Gasteiger partial charge < -0.3 is 20.1 Å². The van der Waals surface area contributed by atoms with Crippen molar-refractivity contribution >= 4 is 50.5 Å². The third-order valence-corrected chi connectivity index (χ3v) is 8.05. The first-order valence-corrected chi connectivity index (χ1v) is 13.8. The first kappa shape index (κ1) is 26.1. The molecule has 1 aliphatic heterocycles. The number of thiocarbonyl (C=S) groups is 1. The number of rotatable bonds is 6. The zero-order valence-corrected chi connectivity index (χ0v) is 24.2.